The molecule has 1 heterocycles. The van der Waals surface area contributed by atoms with Gasteiger partial charge in [-0.25, -0.2) is 0 Å². The van der Waals surface area contributed by atoms with Gasteiger partial charge in [0.1, 0.15) is 17.7 Å². The van der Waals surface area contributed by atoms with Gasteiger partial charge in [-0.2, -0.15) is 5.26 Å². The number of hydrogen-bond acceptors (Lipinski definition) is 6. The number of amides is 1. The number of esters is 1. The summed E-state index contributed by atoms with van der Waals surface area (Å²) in [4.78, 5) is 28.4. The summed E-state index contributed by atoms with van der Waals surface area (Å²) in [5.74, 6) is 1.32. The molecular weight excluding hydrogens is 392 g/mol. The van der Waals surface area contributed by atoms with E-state index >= 15 is 0 Å². The predicted molar refractivity (Wildman–Crippen MR) is 114 cm³/mol. The van der Waals surface area contributed by atoms with E-state index in [0.717, 1.165) is 44.9 Å². The first-order chi connectivity index (χ1) is 14.7. The lowest BCUT2D eigenvalue weighted by Crippen LogP contribution is -2.66. The molecule has 5 saturated carbocycles. The molecule has 1 amide bonds. The smallest absolute Gasteiger partial charge is 0.323 e. The van der Waals surface area contributed by atoms with Crippen LogP contribution in [-0.2, 0) is 14.3 Å². The second kappa shape index (κ2) is 7.18. The lowest BCUT2D eigenvalue weighted by Gasteiger charge is -2.62. The summed E-state index contributed by atoms with van der Waals surface area (Å²) in [6.45, 7) is 4.04. The van der Waals surface area contributed by atoms with Crippen molar-refractivity contribution >= 4 is 11.9 Å². The second-order valence-electron chi connectivity index (χ2n) is 11.6. The summed E-state index contributed by atoms with van der Waals surface area (Å²) in [6, 6.07) is 1.27. The van der Waals surface area contributed by atoms with Crippen molar-refractivity contribution in [3.8, 4) is 6.07 Å². The minimum Gasteiger partial charge on any atom is -0.458 e. The number of ether oxygens (including phenoxy) is 1. The largest absolute Gasteiger partial charge is 0.458 e. The number of likely N-dealkylation sites (N-methyl/N-ethyl adjacent to an activating group) is 1. The van der Waals surface area contributed by atoms with Crippen molar-refractivity contribution in [2.75, 3.05) is 7.05 Å². The lowest BCUT2D eigenvalue weighted by molar-refractivity contribution is -0.208. The van der Waals surface area contributed by atoms with Gasteiger partial charge in [0.25, 0.3) is 0 Å². The van der Waals surface area contributed by atoms with Gasteiger partial charge < -0.3 is 20.7 Å². The first kappa shape index (κ1) is 21.2. The Morgan fingerprint density at radius 3 is 2.42 bits per heavy atom. The minimum atomic E-state index is -0.614. The highest BCUT2D eigenvalue weighted by atomic mass is 16.6. The molecule has 7 heteroatoms. The van der Waals surface area contributed by atoms with E-state index in [9.17, 15) is 14.9 Å². The lowest BCUT2D eigenvalue weighted by atomic mass is 9.46. The molecule has 7 unspecified atom stereocenters. The maximum absolute atomic E-state index is 13.6. The topological polar surface area (TPSA) is 108 Å². The highest BCUT2D eigenvalue weighted by Crippen LogP contribution is 2.64. The van der Waals surface area contributed by atoms with Gasteiger partial charge >= 0.3 is 5.97 Å². The molecule has 7 atom stereocenters. The number of rotatable bonds is 6. The third kappa shape index (κ3) is 3.29. The molecule has 6 rings (SSSR count). The van der Waals surface area contributed by atoms with Crippen molar-refractivity contribution in [1.82, 2.24) is 10.2 Å². The number of nitrogens with zero attached hydrogens (tertiary/aromatic N) is 2. The molecular formula is C24H36N4O3. The number of nitriles is 1. The summed E-state index contributed by atoms with van der Waals surface area (Å²) >= 11 is 0. The maximum atomic E-state index is 13.6. The van der Waals surface area contributed by atoms with E-state index in [4.69, 9.17) is 10.5 Å². The number of carbonyl (C=O) groups excluding carboxylic acids is 2. The Morgan fingerprint density at radius 2 is 1.84 bits per heavy atom. The Hall–Kier alpha value is -1.65. The zero-order valence-electron chi connectivity index (χ0n) is 19.0. The van der Waals surface area contributed by atoms with Gasteiger partial charge in [-0.1, -0.05) is 13.8 Å². The van der Waals surface area contributed by atoms with Crippen LogP contribution in [0, 0.1) is 40.4 Å². The molecule has 5 aliphatic carbocycles. The molecule has 1 saturated heterocycles. The third-order valence-electron chi connectivity index (χ3n) is 9.04. The monoisotopic (exact) mass is 428 g/mol. The Kier molecular flexibility index (Phi) is 4.91. The number of piperidine rings is 1. The van der Waals surface area contributed by atoms with Crippen LogP contribution in [0.1, 0.15) is 65.2 Å². The van der Waals surface area contributed by atoms with E-state index in [0.29, 0.717) is 24.2 Å². The zero-order chi connectivity index (χ0) is 22.1. The molecule has 7 nitrogen and oxygen atoms in total. The van der Waals surface area contributed by atoms with Gasteiger partial charge in [0.15, 0.2) is 0 Å². The molecule has 6 aliphatic rings. The van der Waals surface area contributed by atoms with E-state index in [1.807, 2.05) is 18.7 Å². The number of hydrogen-bond donors (Lipinski definition) is 2. The van der Waals surface area contributed by atoms with Gasteiger partial charge in [0.2, 0.25) is 5.91 Å². The first-order valence-electron chi connectivity index (χ1n) is 12.1. The van der Waals surface area contributed by atoms with Crippen LogP contribution in [-0.4, -0.2) is 53.6 Å². The molecule has 6 fully saturated rings. The molecule has 170 valence electrons. The molecule has 0 aromatic heterocycles. The van der Waals surface area contributed by atoms with Crippen molar-refractivity contribution in [1.29, 1.82) is 5.26 Å². The van der Waals surface area contributed by atoms with Gasteiger partial charge in [-0.15, -0.1) is 0 Å². The number of nitrogens with one attached hydrogen (secondary N) is 1. The van der Waals surface area contributed by atoms with Gasteiger partial charge in [-0.3, -0.25) is 9.59 Å². The van der Waals surface area contributed by atoms with E-state index in [1.165, 1.54) is 0 Å². The van der Waals surface area contributed by atoms with Crippen LogP contribution >= 0.6 is 0 Å². The van der Waals surface area contributed by atoms with Gasteiger partial charge in [-0.05, 0) is 87.5 Å². The average molecular weight is 429 g/mol. The third-order valence-corrected chi connectivity index (χ3v) is 9.04. The van der Waals surface area contributed by atoms with Crippen LogP contribution in [0.15, 0.2) is 0 Å². The summed E-state index contributed by atoms with van der Waals surface area (Å²) in [5.41, 5.74) is 5.95. The Morgan fingerprint density at radius 1 is 1.16 bits per heavy atom. The molecule has 0 aromatic carbocycles. The average Bonchev–Trinajstić information content (AvgIpc) is 3.35. The van der Waals surface area contributed by atoms with E-state index in [-0.39, 0.29) is 41.3 Å². The highest BCUT2D eigenvalue weighted by Gasteiger charge is 2.64. The Balaban J connectivity index is 1.38. The van der Waals surface area contributed by atoms with E-state index in [1.54, 1.807) is 7.05 Å². The number of nitrogens with two attached hydrogens (primary N) is 1. The van der Waals surface area contributed by atoms with Gasteiger partial charge in [0, 0.05) is 6.04 Å². The fourth-order valence-electron chi connectivity index (χ4n) is 8.04. The molecule has 31 heavy (non-hydrogen) atoms. The molecule has 0 radical (unpaired) electrons. The minimum absolute atomic E-state index is 0.0461. The van der Waals surface area contributed by atoms with Crippen LogP contribution in [0.2, 0.25) is 0 Å². The van der Waals surface area contributed by atoms with Crippen LogP contribution in [0.25, 0.3) is 0 Å². The Labute approximate surface area is 185 Å². The number of likely N-dealkylation sites (tertiary alicyclic amines) is 1. The summed E-state index contributed by atoms with van der Waals surface area (Å²) in [6.07, 6.45) is 7.29. The van der Waals surface area contributed by atoms with Crippen molar-refractivity contribution in [3.05, 3.63) is 0 Å². The number of fused-ring (bicyclic) bond motifs is 1. The van der Waals surface area contributed by atoms with Gasteiger partial charge in [0.05, 0.1) is 12.1 Å². The standard InChI is InChI=1S/C24H36N4O3/c1-13(2)19(27-3)22(30)31-24-9-14-4-15(10-24)8-23(7-14,12-24)20(26)21(29)28-17(11-25)5-16-6-18(16)28/h13-20,27H,4-10,12,26H2,1-3H3. The van der Waals surface area contributed by atoms with Crippen molar-refractivity contribution in [2.45, 2.75) is 95.0 Å². The van der Waals surface area contributed by atoms with Crippen LogP contribution < -0.4 is 11.1 Å². The SMILES string of the molecule is CNC(C(=O)OC12CC3CC(C1)CC(C(N)C(=O)N1C(C#N)CC4CC41)(C3)C2)C(C)C. The van der Waals surface area contributed by atoms with E-state index < -0.39 is 11.6 Å². The fraction of sp³-hybridized carbons (Fsp3) is 0.875. The molecule has 0 spiro atoms. The molecule has 4 bridgehead atoms. The summed E-state index contributed by atoms with van der Waals surface area (Å²) in [7, 11) is 1.80. The van der Waals surface area contributed by atoms with Crippen LogP contribution in [0.5, 0.6) is 0 Å². The molecule has 0 aromatic rings. The quantitative estimate of drug-likeness (QED) is 0.626. The zero-order valence-corrected chi connectivity index (χ0v) is 19.0. The Bertz CT molecular complexity index is 806. The normalized spacial score (nSPS) is 44.0. The summed E-state index contributed by atoms with van der Waals surface area (Å²) < 4.78 is 6.28. The van der Waals surface area contributed by atoms with Crippen molar-refractivity contribution in [2.24, 2.45) is 34.8 Å². The van der Waals surface area contributed by atoms with Crippen molar-refractivity contribution in [3.63, 3.8) is 0 Å². The second-order valence-corrected chi connectivity index (χ2v) is 11.6. The highest BCUT2D eigenvalue weighted by molar-refractivity contribution is 5.84. The molecule has 3 N–H and O–H groups in total. The maximum Gasteiger partial charge on any atom is 0.323 e. The van der Waals surface area contributed by atoms with Crippen LogP contribution in [0.4, 0.5) is 0 Å². The predicted octanol–water partition coefficient (Wildman–Crippen LogP) is 1.95. The summed E-state index contributed by atoms with van der Waals surface area (Å²) in [5, 5.41) is 12.7. The fourth-order valence-corrected chi connectivity index (χ4v) is 8.04. The van der Waals surface area contributed by atoms with Crippen molar-refractivity contribution < 1.29 is 14.3 Å². The molecule has 1 aliphatic heterocycles. The number of carbonyl (C=O) groups is 2. The first-order valence-corrected chi connectivity index (χ1v) is 12.1. The van der Waals surface area contributed by atoms with E-state index in [2.05, 4.69) is 11.4 Å². The van der Waals surface area contributed by atoms with Crippen LogP contribution in [0.3, 0.4) is 0 Å².